The molecule has 1 unspecified atom stereocenters. The standard InChI is InChI=1S/C15H20N4OS/c1-9(2)20-15-13(16)14(17-8-18-15)19-6-4-12-11(10(19)3)5-7-21-12/h5,7-10H,4,6,16H2,1-3H3. The van der Waals surface area contributed by atoms with E-state index in [9.17, 15) is 0 Å². The van der Waals surface area contributed by atoms with Crippen LogP contribution in [-0.4, -0.2) is 22.6 Å². The monoisotopic (exact) mass is 304 g/mol. The highest BCUT2D eigenvalue weighted by atomic mass is 32.1. The first kappa shape index (κ1) is 14.1. The predicted molar refractivity (Wildman–Crippen MR) is 86.0 cm³/mol. The van der Waals surface area contributed by atoms with E-state index in [1.165, 1.54) is 16.8 Å². The molecular weight excluding hydrogens is 284 g/mol. The number of hydrogen-bond donors (Lipinski definition) is 1. The van der Waals surface area contributed by atoms with Crippen LogP contribution >= 0.6 is 11.3 Å². The summed E-state index contributed by atoms with van der Waals surface area (Å²) in [6, 6.07) is 2.46. The molecule has 2 aromatic heterocycles. The van der Waals surface area contributed by atoms with Gasteiger partial charge in [-0.2, -0.15) is 4.98 Å². The third-order valence-electron chi connectivity index (χ3n) is 3.72. The Morgan fingerprint density at radius 3 is 3.00 bits per heavy atom. The van der Waals surface area contributed by atoms with Crippen LogP contribution in [0.15, 0.2) is 17.8 Å². The molecule has 0 spiro atoms. The summed E-state index contributed by atoms with van der Waals surface area (Å²) in [5, 5.41) is 2.15. The molecule has 1 aliphatic rings. The first-order valence-electron chi connectivity index (χ1n) is 7.18. The lowest BCUT2D eigenvalue weighted by molar-refractivity contribution is 0.234. The molecule has 0 aliphatic carbocycles. The highest BCUT2D eigenvalue weighted by molar-refractivity contribution is 7.10. The first-order valence-corrected chi connectivity index (χ1v) is 8.06. The quantitative estimate of drug-likeness (QED) is 0.944. The fraction of sp³-hybridized carbons (Fsp3) is 0.467. The summed E-state index contributed by atoms with van der Waals surface area (Å²) in [6.45, 7) is 7.02. The molecule has 0 saturated carbocycles. The number of fused-ring (bicyclic) bond motifs is 1. The number of thiophene rings is 1. The van der Waals surface area contributed by atoms with Crippen molar-refractivity contribution in [2.75, 3.05) is 17.2 Å². The molecule has 0 radical (unpaired) electrons. The van der Waals surface area contributed by atoms with E-state index in [1.807, 2.05) is 25.2 Å². The molecule has 2 aromatic rings. The maximum atomic E-state index is 6.23. The van der Waals surface area contributed by atoms with Crippen LogP contribution in [0.3, 0.4) is 0 Å². The molecule has 1 atom stereocenters. The van der Waals surface area contributed by atoms with Crippen molar-refractivity contribution in [3.8, 4) is 5.88 Å². The Labute approximate surface area is 128 Å². The zero-order chi connectivity index (χ0) is 15.0. The van der Waals surface area contributed by atoms with E-state index in [-0.39, 0.29) is 12.1 Å². The molecule has 112 valence electrons. The normalized spacial score (nSPS) is 17.9. The van der Waals surface area contributed by atoms with Gasteiger partial charge in [0.05, 0.1) is 12.1 Å². The molecule has 0 fully saturated rings. The largest absolute Gasteiger partial charge is 0.473 e. The molecule has 1 aliphatic heterocycles. The molecule has 21 heavy (non-hydrogen) atoms. The Bertz CT molecular complexity index is 640. The molecule has 6 heteroatoms. The molecule has 3 rings (SSSR count). The minimum absolute atomic E-state index is 0.0392. The van der Waals surface area contributed by atoms with Crippen LogP contribution in [0.2, 0.25) is 0 Å². The lowest BCUT2D eigenvalue weighted by Crippen LogP contribution is -2.34. The van der Waals surface area contributed by atoms with Crippen LogP contribution in [-0.2, 0) is 6.42 Å². The first-order chi connectivity index (χ1) is 10.1. The Balaban J connectivity index is 1.94. The average Bonchev–Trinajstić information content (AvgIpc) is 2.91. The van der Waals surface area contributed by atoms with E-state index in [0.29, 0.717) is 11.6 Å². The van der Waals surface area contributed by atoms with Crippen molar-refractivity contribution >= 4 is 22.8 Å². The van der Waals surface area contributed by atoms with Crippen molar-refractivity contribution in [1.82, 2.24) is 9.97 Å². The highest BCUT2D eigenvalue weighted by Crippen LogP contribution is 2.38. The molecule has 5 nitrogen and oxygen atoms in total. The predicted octanol–water partition coefficient (Wildman–Crippen LogP) is 3.03. The van der Waals surface area contributed by atoms with Gasteiger partial charge in [-0.3, -0.25) is 0 Å². The second-order valence-corrected chi connectivity index (χ2v) is 6.50. The number of ether oxygens (including phenoxy) is 1. The Morgan fingerprint density at radius 1 is 1.43 bits per heavy atom. The lowest BCUT2D eigenvalue weighted by Gasteiger charge is -2.35. The number of nitrogen functional groups attached to an aromatic ring is 1. The summed E-state index contributed by atoms with van der Waals surface area (Å²) in [4.78, 5) is 12.2. The average molecular weight is 304 g/mol. The van der Waals surface area contributed by atoms with E-state index in [4.69, 9.17) is 10.5 Å². The van der Waals surface area contributed by atoms with Crippen LogP contribution in [0.1, 0.15) is 37.3 Å². The van der Waals surface area contributed by atoms with Crippen molar-refractivity contribution in [2.24, 2.45) is 0 Å². The van der Waals surface area contributed by atoms with Crippen LogP contribution < -0.4 is 15.4 Å². The van der Waals surface area contributed by atoms with Crippen LogP contribution in [0, 0.1) is 0 Å². The van der Waals surface area contributed by atoms with Crippen molar-refractivity contribution in [2.45, 2.75) is 39.3 Å². The summed E-state index contributed by atoms with van der Waals surface area (Å²) in [7, 11) is 0. The van der Waals surface area contributed by atoms with Crippen molar-refractivity contribution < 1.29 is 4.74 Å². The van der Waals surface area contributed by atoms with Gasteiger partial charge in [0.2, 0.25) is 5.88 Å². The summed E-state index contributed by atoms with van der Waals surface area (Å²) < 4.78 is 5.67. The topological polar surface area (TPSA) is 64.3 Å². The minimum atomic E-state index is 0.0392. The second kappa shape index (κ2) is 5.52. The van der Waals surface area contributed by atoms with Gasteiger partial charge in [0.1, 0.15) is 12.0 Å². The second-order valence-electron chi connectivity index (χ2n) is 5.50. The summed E-state index contributed by atoms with van der Waals surface area (Å²) in [6.07, 6.45) is 2.60. The van der Waals surface area contributed by atoms with Gasteiger partial charge in [0, 0.05) is 11.4 Å². The van der Waals surface area contributed by atoms with Crippen molar-refractivity contribution in [3.63, 3.8) is 0 Å². The van der Waals surface area contributed by atoms with Gasteiger partial charge in [-0.15, -0.1) is 11.3 Å². The summed E-state index contributed by atoms with van der Waals surface area (Å²) >= 11 is 1.83. The smallest absolute Gasteiger partial charge is 0.242 e. The number of hydrogen-bond acceptors (Lipinski definition) is 6. The fourth-order valence-electron chi connectivity index (χ4n) is 2.72. The highest BCUT2D eigenvalue weighted by Gasteiger charge is 2.28. The maximum absolute atomic E-state index is 6.23. The van der Waals surface area contributed by atoms with E-state index < -0.39 is 0 Å². The van der Waals surface area contributed by atoms with Gasteiger partial charge in [0.25, 0.3) is 0 Å². The van der Waals surface area contributed by atoms with Gasteiger partial charge >= 0.3 is 0 Å². The van der Waals surface area contributed by atoms with E-state index in [1.54, 1.807) is 0 Å². The molecule has 0 bridgehead atoms. The van der Waals surface area contributed by atoms with Gasteiger partial charge < -0.3 is 15.4 Å². The Morgan fingerprint density at radius 2 is 2.24 bits per heavy atom. The molecule has 0 amide bonds. The van der Waals surface area contributed by atoms with Gasteiger partial charge in [-0.1, -0.05) is 0 Å². The summed E-state index contributed by atoms with van der Waals surface area (Å²) in [5.41, 5.74) is 8.13. The van der Waals surface area contributed by atoms with Gasteiger partial charge in [-0.05, 0) is 44.2 Å². The maximum Gasteiger partial charge on any atom is 0.242 e. The van der Waals surface area contributed by atoms with Gasteiger partial charge in [-0.25, -0.2) is 4.98 Å². The number of anilines is 2. The number of rotatable bonds is 3. The number of nitrogens with two attached hydrogens (primary N) is 1. The zero-order valence-electron chi connectivity index (χ0n) is 12.5. The zero-order valence-corrected chi connectivity index (χ0v) is 13.4. The van der Waals surface area contributed by atoms with Gasteiger partial charge in [0.15, 0.2) is 5.82 Å². The third-order valence-corrected chi connectivity index (χ3v) is 4.72. The number of nitrogens with zero attached hydrogens (tertiary/aromatic N) is 3. The molecule has 2 N–H and O–H groups in total. The van der Waals surface area contributed by atoms with E-state index in [0.717, 1.165) is 18.8 Å². The molecule has 3 heterocycles. The van der Waals surface area contributed by atoms with E-state index >= 15 is 0 Å². The molecular formula is C15H20N4OS. The SMILES string of the molecule is CC(C)Oc1ncnc(N2CCc3sccc3C2C)c1N. The van der Waals surface area contributed by atoms with Crippen molar-refractivity contribution in [3.05, 3.63) is 28.2 Å². The number of aromatic nitrogens is 2. The molecule has 0 aromatic carbocycles. The lowest BCUT2D eigenvalue weighted by atomic mass is 10.0. The van der Waals surface area contributed by atoms with Crippen molar-refractivity contribution in [1.29, 1.82) is 0 Å². The Kier molecular flexibility index (Phi) is 3.71. The fourth-order valence-corrected chi connectivity index (χ4v) is 3.68. The van der Waals surface area contributed by atoms with Crippen LogP contribution in [0.5, 0.6) is 5.88 Å². The summed E-state index contributed by atoms with van der Waals surface area (Å²) in [5.74, 6) is 1.24. The van der Waals surface area contributed by atoms with E-state index in [2.05, 4.69) is 33.2 Å². The van der Waals surface area contributed by atoms with Crippen LogP contribution in [0.4, 0.5) is 11.5 Å². The Hall–Kier alpha value is -1.82. The third kappa shape index (κ3) is 2.55. The molecule has 0 saturated heterocycles. The minimum Gasteiger partial charge on any atom is -0.473 e. The van der Waals surface area contributed by atoms with Crippen LogP contribution in [0.25, 0.3) is 0 Å².